The molecule has 0 aliphatic rings. The van der Waals surface area contributed by atoms with Gasteiger partial charge < -0.3 is 5.73 Å². The molecule has 0 atom stereocenters. The first-order valence-corrected chi connectivity index (χ1v) is 5.44. The molecule has 1 heterocycles. The summed E-state index contributed by atoms with van der Waals surface area (Å²) in [5, 5.41) is 0.781. The maximum atomic E-state index is 6.07. The van der Waals surface area contributed by atoms with Crippen molar-refractivity contribution in [2.75, 3.05) is 5.73 Å². The highest BCUT2D eigenvalue weighted by atomic mass is 35.5. The van der Waals surface area contributed by atoms with E-state index in [0.717, 1.165) is 33.0 Å². The van der Waals surface area contributed by atoms with E-state index in [2.05, 4.69) is 4.98 Å². The minimum Gasteiger partial charge on any atom is -0.398 e. The van der Waals surface area contributed by atoms with Gasteiger partial charge >= 0.3 is 0 Å². The van der Waals surface area contributed by atoms with Gasteiger partial charge in [-0.15, -0.1) is 0 Å². The molecule has 0 bridgehead atoms. The highest BCUT2D eigenvalue weighted by Gasteiger charge is 2.08. The van der Waals surface area contributed by atoms with Gasteiger partial charge in [-0.3, -0.25) is 4.98 Å². The van der Waals surface area contributed by atoms with E-state index < -0.39 is 0 Å². The van der Waals surface area contributed by atoms with E-state index in [-0.39, 0.29) is 0 Å². The Bertz CT molecular complexity index is 535. The summed E-state index contributed by atoms with van der Waals surface area (Å²) in [6, 6.07) is 5.81. The molecular formula is C13H13ClN2. The summed E-state index contributed by atoms with van der Waals surface area (Å²) in [5.41, 5.74) is 10.9. The van der Waals surface area contributed by atoms with Crippen molar-refractivity contribution in [3.63, 3.8) is 0 Å². The molecule has 0 amide bonds. The SMILES string of the molecule is Cc1cc(-c2cnccc2N)c(C)cc1Cl. The van der Waals surface area contributed by atoms with Crippen LogP contribution in [0.5, 0.6) is 0 Å². The third kappa shape index (κ3) is 1.89. The molecule has 2 aromatic rings. The molecule has 0 saturated heterocycles. The largest absolute Gasteiger partial charge is 0.398 e. The van der Waals surface area contributed by atoms with Gasteiger partial charge in [0.05, 0.1) is 0 Å². The van der Waals surface area contributed by atoms with E-state index in [1.807, 2.05) is 26.0 Å². The number of benzene rings is 1. The lowest BCUT2D eigenvalue weighted by Gasteiger charge is -2.10. The minimum absolute atomic E-state index is 0.736. The van der Waals surface area contributed by atoms with E-state index in [4.69, 9.17) is 17.3 Å². The Hall–Kier alpha value is -1.54. The zero-order valence-electron chi connectivity index (χ0n) is 9.29. The van der Waals surface area contributed by atoms with Crippen molar-refractivity contribution in [1.29, 1.82) is 0 Å². The Balaban J connectivity index is 2.65. The third-order valence-corrected chi connectivity index (χ3v) is 3.06. The molecule has 2 rings (SSSR count). The Morgan fingerprint density at radius 3 is 2.56 bits per heavy atom. The number of aryl methyl sites for hydroxylation is 2. The molecule has 2 nitrogen and oxygen atoms in total. The summed E-state index contributed by atoms with van der Waals surface area (Å²) in [6.07, 6.45) is 3.47. The molecule has 16 heavy (non-hydrogen) atoms. The first kappa shape index (κ1) is 11.0. The summed E-state index contributed by atoms with van der Waals surface area (Å²) in [4.78, 5) is 4.10. The van der Waals surface area contributed by atoms with Crippen LogP contribution >= 0.6 is 11.6 Å². The van der Waals surface area contributed by atoms with Gasteiger partial charge in [-0.2, -0.15) is 0 Å². The molecule has 3 heteroatoms. The number of anilines is 1. The van der Waals surface area contributed by atoms with E-state index in [1.54, 1.807) is 18.5 Å². The number of pyridine rings is 1. The standard InChI is InChI=1S/C13H13ClN2/c1-8-6-12(14)9(2)5-10(8)11-7-16-4-3-13(11)15/h3-7H,1-2H3,(H2,15,16). The molecule has 0 fully saturated rings. The van der Waals surface area contributed by atoms with Crippen molar-refractivity contribution in [2.45, 2.75) is 13.8 Å². The summed E-state index contributed by atoms with van der Waals surface area (Å²) in [7, 11) is 0. The van der Waals surface area contributed by atoms with Crippen molar-refractivity contribution in [3.05, 3.63) is 46.7 Å². The van der Waals surface area contributed by atoms with E-state index >= 15 is 0 Å². The number of nitrogen functional groups attached to an aromatic ring is 1. The Morgan fingerprint density at radius 1 is 1.12 bits per heavy atom. The molecule has 1 aromatic heterocycles. The highest BCUT2D eigenvalue weighted by Crippen LogP contribution is 2.31. The topological polar surface area (TPSA) is 38.9 Å². The second kappa shape index (κ2) is 4.14. The third-order valence-electron chi connectivity index (χ3n) is 2.65. The van der Waals surface area contributed by atoms with E-state index in [0.29, 0.717) is 0 Å². The highest BCUT2D eigenvalue weighted by molar-refractivity contribution is 6.31. The van der Waals surface area contributed by atoms with Gasteiger partial charge in [-0.25, -0.2) is 0 Å². The fourth-order valence-electron chi connectivity index (χ4n) is 1.70. The fraction of sp³-hybridized carbons (Fsp3) is 0.154. The average Bonchev–Trinajstić information content (AvgIpc) is 2.25. The normalized spacial score (nSPS) is 10.4. The second-order valence-corrected chi connectivity index (χ2v) is 4.29. The summed E-state index contributed by atoms with van der Waals surface area (Å²) in [5.74, 6) is 0. The van der Waals surface area contributed by atoms with Gasteiger partial charge in [0.2, 0.25) is 0 Å². The second-order valence-electron chi connectivity index (χ2n) is 3.88. The van der Waals surface area contributed by atoms with Gasteiger partial charge in [0.25, 0.3) is 0 Å². The first-order valence-electron chi connectivity index (χ1n) is 5.06. The average molecular weight is 233 g/mol. The van der Waals surface area contributed by atoms with Gasteiger partial charge in [0, 0.05) is 28.7 Å². The minimum atomic E-state index is 0.736. The molecule has 0 aliphatic heterocycles. The number of halogens is 1. The predicted octanol–water partition coefficient (Wildman–Crippen LogP) is 3.60. The lowest BCUT2D eigenvalue weighted by Crippen LogP contribution is -1.93. The summed E-state index contributed by atoms with van der Waals surface area (Å²) >= 11 is 6.07. The van der Waals surface area contributed by atoms with Crippen LogP contribution in [0, 0.1) is 13.8 Å². The van der Waals surface area contributed by atoms with Crippen LogP contribution in [-0.2, 0) is 0 Å². The van der Waals surface area contributed by atoms with Gasteiger partial charge in [0.15, 0.2) is 0 Å². The molecule has 0 radical (unpaired) electrons. The number of nitrogens with two attached hydrogens (primary N) is 1. The predicted molar refractivity (Wildman–Crippen MR) is 68.6 cm³/mol. The van der Waals surface area contributed by atoms with Crippen LogP contribution in [0.3, 0.4) is 0 Å². The molecule has 0 spiro atoms. The summed E-state index contributed by atoms with van der Waals surface area (Å²) in [6.45, 7) is 4.00. The van der Waals surface area contributed by atoms with Gasteiger partial charge in [-0.05, 0) is 48.7 Å². The first-order chi connectivity index (χ1) is 7.59. The fourth-order valence-corrected chi connectivity index (χ4v) is 1.92. The Morgan fingerprint density at radius 2 is 1.88 bits per heavy atom. The molecular weight excluding hydrogens is 220 g/mol. The van der Waals surface area contributed by atoms with Crippen LogP contribution in [-0.4, -0.2) is 4.98 Å². The Kier molecular flexibility index (Phi) is 2.84. The molecule has 1 aromatic carbocycles. The number of hydrogen-bond donors (Lipinski definition) is 1. The molecule has 0 saturated carbocycles. The van der Waals surface area contributed by atoms with Gasteiger partial charge in [0.1, 0.15) is 0 Å². The molecule has 0 unspecified atom stereocenters. The Labute approximate surface area is 100 Å². The van der Waals surface area contributed by atoms with Crippen LogP contribution in [0.1, 0.15) is 11.1 Å². The zero-order chi connectivity index (χ0) is 11.7. The number of nitrogens with zero attached hydrogens (tertiary/aromatic N) is 1. The number of rotatable bonds is 1. The van der Waals surface area contributed by atoms with Crippen LogP contribution in [0.15, 0.2) is 30.6 Å². The molecule has 2 N–H and O–H groups in total. The summed E-state index contributed by atoms with van der Waals surface area (Å²) < 4.78 is 0. The van der Waals surface area contributed by atoms with Crippen LogP contribution in [0.4, 0.5) is 5.69 Å². The maximum absolute atomic E-state index is 6.07. The lowest BCUT2D eigenvalue weighted by molar-refractivity contribution is 1.31. The molecule has 82 valence electrons. The quantitative estimate of drug-likeness (QED) is 0.816. The van der Waals surface area contributed by atoms with Crippen LogP contribution in [0.25, 0.3) is 11.1 Å². The monoisotopic (exact) mass is 232 g/mol. The van der Waals surface area contributed by atoms with Crippen molar-refractivity contribution >= 4 is 17.3 Å². The van der Waals surface area contributed by atoms with Crippen molar-refractivity contribution in [2.24, 2.45) is 0 Å². The van der Waals surface area contributed by atoms with E-state index in [9.17, 15) is 0 Å². The van der Waals surface area contributed by atoms with Crippen molar-refractivity contribution < 1.29 is 0 Å². The van der Waals surface area contributed by atoms with Crippen molar-refractivity contribution in [3.8, 4) is 11.1 Å². The van der Waals surface area contributed by atoms with E-state index in [1.165, 1.54) is 0 Å². The van der Waals surface area contributed by atoms with Gasteiger partial charge in [-0.1, -0.05) is 11.6 Å². The maximum Gasteiger partial charge on any atom is 0.0438 e. The lowest BCUT2D eigenvalue weighted by atomic mass is 9.99. The smallest absolute Gasteiger partial charge is 0.0438 e. The van der Waals surface area contributed by atoms with Crippen molar-refractivity contribution in [1.82, 2.24) is 4.98 Å². The number of aromatic nitrogens is 1. The zero-order valence-corrected chi connectivity index (χ0v) is 10.0. The van der Waals surface area contributed by atoms with Crippen LogP contribution < -0.4 is 5.73 Å². The van der Waals surface area contributed by atoms with Crippen LogP contribution in [0.2, 0.25) is 5.02 Å². The number of hydrogen-bond acceptors (Lipinski definition) is 2. The molecule has 0 aliphatic carbocycles.